The summed E-state index contributed by atoms with van der Waals surface area (Å²) in [6, 6.07) is 9.07. The van der Waals surface area contributed by atoms with E-state index in [0.717, 1.165) is 29.2 Å². The second kappa shape index (κ2) is 9.74. The normalized spacial score (nSPS) is 17.2. The van der Waals surface area contributed by atoms with Crippen molar-refractivity contribution in [3.05, 3.63) is 63.4 Å². The standard InChI is InChI=1S/C27H28F3N3O4/c1-35-18-9-10-32(15-18)17-7-8-23(27(28,29)30)24(13-17)33-26(34)22-6-4-5-21(22)25(31-33)16-11-19(36-2)14-20(12-16)37-3/h7-8,11-14,18H,4-6,9-10,15H2,1-3H3. The van der Waals surface area contributed by atoms with Gasteiger partial charge in [-0.3, -0.25) is 4.79 Å². The first-order valence-electron chi connectivity index (χ1n) is 12.1. The number of rotatable bonds is 6. The summed E-state index contributed by atoms with van der Waals surface area (Å²) >= 11 is 0. The zero-order valence-electron chi connectivity index (χ0n) is 20.9. The minimum Gasteiger partial charge on any atom is -0.497 e. The molecule has 2 aromatic carbocycles. The molecule has 1 fully saturated rings. The van der Waals surface area contributed by atoms with Crippen LogP contribution in [0.15, 0.2) is 41.2 Å². The Morgan fingerprint density at radius 1 is 0.973 bits per heavy atom. The molecule has 0 saturated carbocycles. The lowest BCUT2D eigenvalue weighted by Gasteiger charge is -2.22. The average Bonchev–Trinajstić information content (AvgIpc) is 3.58. The number of aromatic nitrogens is 2. The Hall–Kier alpha value is -3.53. The second-order valence-electron chi connectivity index (χ2n) is 9.27. The van der Waals surface area contributed by atoms with E-state index >= 15 is 0 Å². The predicted octanol–water partition coefficient (Wildman–Crippen LogP) is 4.65. The smallest absolute Gasteiger partial charge is 0.418 e. The summed E-state index contributed by atoms with van der Waals surface area (Å²) in [4.78, 5) is 15.5. The predicted molar refractivity (Wildman–Crippen MR) is 133 cm³/mol. The summed E-state index contributed by atoms with van der Waals surface area (Å²) in [5.74, 6) is 1.03. The van der Waals surface area contributed by atoms with Crippen molar-refractivity contribution < 1.29 is 27.4 Å². The molecule has 0 spiro atoms. The van der Waals surface area contributed by atoms with E-state index in [1.807, 2.05) is 4.90 Å². The maximum atomic E-state index is 14.2. The van der Waals surface area contributed by atoms with E-state index in [-0.39, 0.29) is 11.8 Å². The molecule has 1 aromatic heterocycles. The van der Waals surface area contributed by atoms with Gasteiger partial charge in [0.15, 0.2) is 0 Å². The third-order valence-electron chi connectivity index (χ3n) is 7.14. The molecule has 0 N–H and O–H groups in total. The Morgan fingerprint density at radius 2 is 1.68 bits per heavy atom. The number of nitrogens with zero attached hydrogens (tertiary/aromatic N) is 3. The van der Waals surface area contributed by atoms with Crippen LogP contribution in [0.5, 0.6) is 11.5 Å². The van der Waals surface area contributed by atoms with Crippen LogP contribution >= 0.6 is 0 Å². The van der Waals surface area contributed by atoms with Crippen LogP contribution in [0.1, 0.15) is 29.5 Å². The summed E-state index contributed by atoms with van der Waals surface area (Å²) in [6.07, 6.45) is -2.08. The topological polar surface area (TPSA) is 65.8 Å². The molecule has 3 aromatic rings. The van der Waals surface area contributed by atoms with Crippen LogP contribution in [0.4, 0.5) is 18.9 Å². The molecule has 2 aliphatic rings. The lowest BCUT2D eigenvalue weighted by molar-refractivity contribution is -0.137. The highest BCUT2D eigenvalue weighted by Crippen LogP contribution is 2.38. The van der Waals surface area contributed by atoms with Crippen molar-refractivity contribution in [2.45, 2.75) is 38.0 Å². The number of hydrogen-bond acceptors (Lipinski definition) is 6. The maximum Gasteiger partial charge on any atom is 0.418 e. The minimum atomic E-state index is -4.67. The molecule has 5 rings (SSSR count). The van der Waals surface area contributed by atoms with Crippen LogP contribution < -0.4 is 19.9 Å². The first kappa shape index (κ1) is 25.1. The van der Waals surface area contributed by atoms with E-state index in [9.17, 15) is 18.0 Å². The summed E-state index contributed by atoms with van der Waals surface area (Å²) < 4.78 is 59.6. The third kappa shape index (κ3) is 4.66. The van der Waals surface area contributed by atoms with Gasteiger partial charge in [-0.2, -0.15) is 23.0 Å². The molecule has 1 aliphatic heterocycles. The Balaban J connectivity index is 1.73. The molecule has 196 valence electrons. The fourth-order valence-corrected chi connectivity index (χ4v) is 5.20. The number of hydrogen-bond donors (Lipinski definition) is 0. The molecule has 1 unspecified atom stereocenters. The number of fused-ring (bicyclic) bond motifs is 1. The highest BCUT2D eigenvalue weighted by molar-refractivity contribution is 5.69. The van der Waals surface area contributed by atoms with Crippen molar-refractivity contribution in [3.8, 4) is 28.4 Å². The van der Waals surface area contributed by atoms with E-state index in [1.54, 1.807) is 25.3 Å². The van der Waals surface area contributed by atoms with Gasteiger partial charge in [-0.05, 0) is 61.6 Å². The van der Waals surface area contributed by atoms with E-state index in [2.05, 4.69) is 5.10 Å². The van der Waals surface area contributed by atoms with Crippen LogP contribution in [0, 0.1) is 0 Å². The molecule has 1 saturated heterocycles. The lowest BCUT2D eigenvalue weighted by Crippen LogP contribution is -2.29. The van der Waals surface area contributed by atoms with Gasteiger partial charge in [-0.1, -0.05) is 0 Å². The molecular weight excluding hydrogens is 487 g/mol. The largest absolute Gasteiger partial charge is 0.497 e. The molecule has 10 heteroatoms. The van der Waals surface area contributed by atoms with Crippen LogP contribution in [-0.2, 0) is 23.8 Å². The summed E-state index contributed by atoms with van der Waals surface area (Å²) in [7, 11) is 4.66. The number of methoxy groups -OCH3 is 3. The first-order chi connectivity index (χ1) is 17.7. The zero-order chi connectivity index (χ0) is 26.3. The van der Waals surface area contributed by atoms with E-state index < -0.39 is 17.3 Å². The molecule has 2 heterocycles. The van der Waals surface area contributed by atoms with Crippen molar-refractivity contribution in [3.63, 3.8) is 0 Å². The highest BCUT2D eigenvalue weighted by atomic mass is 19.4. The molecule has 0 radical (unpaired) electrons. The van der Waals surface area contributed by atoms with Crippen molar-refractivity contribution >= 4 is 5.69 Å². The minimum absolute atomic E-state index is 0.00114. The van der Waals surface area contributed by atoms with Gasteiger partial charge in [0.25, 0.3) is 5.56 Å². The molecule has 7 nitrogen and oxygen atoms in total. The Labute approximate surface area is 212 Å². The second-order valence-corrected chi connectivity index (χ2v) is 9.27. The SMILES string of the molecule is COc1cc(OC)cc(-c2nn(-c3cc(N4CCC(OC)C4)ccc3C(F)(F)F)c(=O)c3c2CCC3)c1. The van der Waals surface area contributed by atoms with Crippen LogP contribution in [-0.4, -0.2) is 50.3 Å². The van der Waals surface area contributed by atoms with Crippen molar-refractivity contribution in [2.75, 3.05) is 39.3 Å². The van der Waals surface area contributed by atoms with Crippen molar-refractivity contribution in [2.24, 2.45) is 0 Å². The van der Waals surface area contributed by atoms with Crippen LogP contribution in [0.25, 0.3) is 16.9 Å². The number of benzene rings is 2. The van der Waals surface area contributed by atoms with Crippen LogP contribution in [0.3, 0.4) is 0 Å². The van der Waals surface area contributed by atoms with Gasteiger partial charge in [0.05, 0.1) is 37.3 Å². The van der Waals surface area contributed by atoms with Gasteiger partial charge in [-0.25, -0.2) is 0 Å². The first-order valence-corrected chi connectivity index (χ1v) is 12.1. The van der Waals surface area contributed by atoms with Gasteiger partial charge < -0.3 is 19.1 Å². The van der Waals surface area contributed by atoms with E-state index in [0.29, 0.717) is 59.9 Å². The fourth-order valence-electron chi connectivity index (χ4n) is 5.20. The molecular formula is C27H28F3N3O4. The monoisotopic (exact) mass is 515 g/mol. The maximum absolute atomic E-state index is 14.2. The number of anilines is 1. The van der Waals surface area contributed by atoms with E-state index in [4.69, 9.17) is 14.2 Å². The molecule has 37 heavy (non-hydrogen) atoms. The lowest BCUT2D eigenvalue weighted by atomic mass is 10.0. The Morgan fingerprint density at radius 3 is 2.30 bits per heavy atom. The molecule has 1 atom stereocenters. The summed E-state index contributed by atoms with van der Waals surface area (Å²) in [5, 5.41) is 4.56. The Kier molecular flexibility index (Phi) is 6.61. The third-order valence-corrected chi connectivity index (χ3v) is 7.14. The highest BCUT2D eigenvalue weighted by Gasteiger charge is 2.36. The summed E-state index contributed by atoms with van der Waals surface area (Å²) in [6.45, 7) is 1.20. The van der Waals surface area contributed by atoms with Gasteiger partial charge in [0.2, 0.25) is 0 Å². The molecule has 0 bridgehead atoms. The van der Waals surface area contributed by atoms with Gasteiger partial charge >= 0.3 is 6.18 Å². The van der Waals surface area contributed by atoms with E-state index in [1.165, 1.54) is 26.4 Å². The quantitative estimate of drug-likeness (QED) is 0.476. The molecule has 1 aliphatic carbocycles. The average molecular weight is 516 g/mol. The fraction of sp³-hybridized carbons (Fsp3) is 0.407. The van der Waals surface area contributed by atoms with Gasteiger partial charge in [0.1, 0.15) is 11.5 Å². The summed E-state index contributed by atoms with van der Waals surface area (Å²) in [5.41, 5.74) is 1.15. The number of halogens is 3. The van der Waals surface area contributed by atoms with Crippen molar-refractivity contribution in [1.29, 1.82) is 0 Å². The number of alkyl halides is 3. The Bertz CT molecular complexity index is 1360. The zero-order valence-corrected chi connectivity index (χ0v) is 20.9. The van der Waals surface area contributed by atoms with Gasteiger partial charge in [-0.15, -0.1) is 0 Å². The van der Waals surface area contributed by atoms with Crippen molar-refractivity contribution in [1.82, 2.24) is 9.78 Å². The van der Waals surface area contributed by atoms with Gasteiger partial charge in [0, 0.05) is 43.1 Å². The van der Waals surface area contributed by atoms with Crippen LogP contribution in [0.2, 0.25) is 0 Å². The molecule has 0 amide bonds. The number of ether oxygens (including phenoxy) is 3.